The number of ether oxygens (including phenoxy) is 1. The zero-order chi connectivity index (χ0) is 16.2. The summed E-state index contributed by atoms with van der Waals surface area (Å²) in [4.78, 5) is 11.5. The predicted molar refractivity (Wildman–Crippen MR) is 88.3 cm³/mol. The van der Waals surface area contributed by atoms with Crippen molar-refractivity contribution in [2.24, 2.45) is 0 Å². The first kappa shape index (κ1) is 15.4. The number of nitrogens with one attached hydrogen (secondary N) is 2. The second-order valence-corrected chi connectivity index (χ2v) is 5.38. The van der Waals surface area contributed by atoms with Gasteiger partial charge in [-0.25, -0.2) is 9.89 Å². The van der Waals surface area contributed by atoms with E-state index >= 15 is 0 Å². The Morgan fingerprint density at radius 3 is 2.96 bits per heavy atom. The number of benzene rings is 1. The first-order valence-corrected chi connectivity index (χ1v) is 7.64. The normalized spacial score (nSPS) is 12.3. The number of nitrogens with zero attached hydrogens (tertiary/aromatic N) is 3. The molecule has 7 nitrogen and oxygen atoms in total. The Hall–Kier alpha value is -2.54. The summed E-state index contributed by atoms with van der Waals surface area (Å²) in [5.74, 6) is 1.22. The van der Waals surface area contributed by atoms with Crippen LogP contribution in [0, 0.1) is 0 Å². The molecular formula is C15H16ClN5O2. The number of H-pyrrole nitrogens is 1. The molecule has 0 spiro atoms. The molecule has 0 aliphatic rings. The Morgan fingerprint density at radius 1 is 1.35 bits per heavy atom. The number of anilines is 1. The van der Waals surface area contributed by atoms with Crippen molar-refractivity contribution in [2.75, 3.05) is 11.9 Å². The molecule has 1 unspecified atom stereocenters. The third kappa shape index (κ3) is 3.45. The highest BCUT2D eigenvalue weighted by atomic mass is 35.5. The van der Waals surface area contributed by atoms with Crippen LogP contribution in [-0.2, 0) is 0 Å². The van der Waals surface area contributed by atoms with Gasteiger partial charge >= 0.3 is 5.69 Å². The lowest BCUT2D eigenvalue weighted by Crippen LogP contribution is -2.26. The minimum Gasteiger partial charge on any atom is -0.487 e. The SMILES string of the molecule is CCC(CNc1ccc2n[nH]c(=O)n2n1)Oc1ccccc1Cl. The number of hydrogen-bond donors (Lipinski definition) is 2. The number of fused-ring (bicyclic) bond motifs is 1. The van der Waals surface area contributed by atoms with Gasteiger partial charge in [-0.1, -0.05) is 30.7 Å². The lowest BCUT2D eigenvalue weighted by molar-refractivity contribution is 0.210. The molecule has 1 atom stereocenters. The molecule has 0 saturated carbocycles. The molecule has 0 amide bonds. The molecule has 0 bridgehead atoms. The summed E-state index contributed by atoms with van der Waals surface area (Å²) in [6, 6.07) is 10.8. The Kier molecular flexibility index (Phi) is 4.47. The van der Waals surface area contributed by atoms with Crippen LogP contribution in [0.3, 0.4) is 0 Å². The van der Waals surface area contributed by atoms with Crippen molar-refractivity contribution < 1.29 is 4.74 Å². The Bertz CT molecular complexity index is 860. The molecule has 0 aliphatic carbocycles. The molecule has 2 N–H and O–H groups in total. The summed E-state index contributed by atoms with van der Waals surface area (Å²) < 4.78 is 7.11. The average Bonchev–Trinajstić information content (AvgIpc) is 2.94. The standard InChI is InChI=1S/C15H16ClN5O2/c1-2-10(23-12-6-4-3-5-11(12)16)9-17-13-7-8-14-18-19-15(22)21(14)20-13/h3-8,10H,2,9H2,1H3,(H,17,20)(H,19,22). The Labute approximate surface area is 137 Å². The van der Waals surface area contributed by atoms with Gasteiger partial charge < -0.3 is 10.1 Å². The van der Waals surface area contributed by atoms with E-state index in [1.165, 1.54) is 4.52 Å². The summed E-state index contributed by atoms with van der Waals surface area (Å²) in [5.41, 5.74) is 0.0999. The third-order valence-electron chi connectivity index (χ3n) is 3.37. The third-order valence-corrected chi connectivity index (χ3v) is 3.68. The fourth-order valence-electron chi connectivity index (χ4n) is 2.10. The van der Waals surface area contributed by atoms with E-state index in [1.807, 2.05) is 25.1 Å². The van der Waals surface area contributed by atoms with Crippen molar-refractivity contribution >= 4 is 23.1 Å². The Morgan fingerprint density at radius 2 is 2.17 bits per heavy atom. The number of rotatable bonds is 6. The van der Waals surface area contributed by atoms with Gasteiger partial charge in [0.1, 0.15) is 17.7 Å². The second-order valence-electron chi connectivity index (χ2n) is 4.98. The van der Waals surface area contributed by atoms with Gasteiger partial charge in [0.2, 0.25) is 0 Å². The van der Waals surface area contributed by atoms with Crippen molar-refractivity contribution in [1.29, 1.82) is 0 Å². The molecule has 2 heterocycles. The second kappa shape index (κ2) is 6.70. The number of aromatic amines is 1. The maximum atomic E-state index is 11.5. The van der Waals surface area contributed by atoms with Gasteiger partial charge in [0.05, 0.1) is 11.6 Å². The predicted octanol–water partition coefficient (Wildman–Crippen LogP) is 2.34. The van der Waals surface area contributed by atoms with Crippen LogP contribution < -0.4 is 15.7 Å². The molecule has 0 fully saturated rings. The molecule has 0 aliphatic heterocycles. The van der Waals surface area contributed by atoms with Gasteiger partial charge in [-0.05, 0) is 30.7 Å². The minimum atomic E-state index is -0.372. The fraction of sp³-hybridized carbons (Fsp3) is 0.267. The molecular weight excluding hydrogens is 318 g/mol. The van der Waals surface area contributed by atoms with Crippen LogP contribution >= 0.6 is 11.6 Å². The molecule has 3 rings (SSSR count). The molecule has 2 aromatic heterocycles. The van der Waals surface area contributed by atoms with Gasteiger partial charge in [0.25, 0.3) is 0 Å². The molecule has 23 heavy (non-hydrogen) atoms. The zero-order valence-corrected chi connectivity index (χ0v) is 13.2. The molecule has 1 aromatic carbocycles. The van der Waals surface area contributed by atoms with Gasteiger partial charge in [-0.15, -0.1) is 5.10 Å². The van der Waals surface area contributed by atoms with Crippen LogP contribution in [0.15, 0.2) is 41.2 Å². The summed E-state index contributed by atoms with van der Waals surface area (Å²) in [6.07, 6.45) is 0.722. The highest BCUT2D eigenvalue weighted by Crippen LogP contribution is 2.24. The smallest absolute Gasteiger partial charge is 0.364 e. The molecule has 120 valence electrons. The van der Waals surface area contributed by atoms with E-state index in [-0.39, 0.29) is 11.8 Å². The zero-order valence-electron chi connectivity index (χ0n) is 12.5. The van der Waals surface area contributed by atoms with E-state index in [1.54, 1.807) is 18.2 Å². The van der Waals surface area contributed by atoms with Crippen LogP contribution in [0.2, 0.25) is 5.02 Å². The molecule has 3 aromatic rings. The average molecular weight is 334 g/mol. The fourth-order valence-corrected chi connectivity index (χ4v) is 2.29. The van der Waals surface area contributed by atoms with Crippen molar-refractivity contribution in [3.05, 3.63) is 51.9 Å². The van der Waals surface area contributed by atoms with Crippen LogP contribution in [0.1, 0.15) is 13.3 Å². The van der Waals surface area contributed by atoms with E-state index in [0.717, 1.165) is 6.42 Å². The van der Waals surface area contributed by atoms with Crippen LogP contribution in [-0.4, -0.2) is 32.5 Å². The quantitative estimate of drug-likeness (QED) is 0.723. The van der Waals surface area contributed by atoms with Crippen LogP contribution in [0.4, 0.5) is 5.82 Å². The highest BCUT2D eigenvalue weighted by molar-refractivity contribution is 6.32. The lowest BCUT2D eigenvalue weighted by Gasteiger charge is -2.19. The summed E-state index contributed by atoms with van der Waals surface area (Å²) in [6.45, 7) is 2.56. The highest BCUT2D eigenvalue weighted by Gasteiger charge is 2.11. The van der Waals surface area contributed by atoms with Crippen LogP contribution in [0.25, 0.3) is 5.65 Å². The summed E-state index contributed by atoms with van der Waals surface area (Å²) in [5, 5.41) is 14.1. The van der Waals surface area contributed by atoms with Crippen molar-refractivity contribution in [1.82, 2.24) is 19.8 Å². The molecule has 0 radical (unpaired) electrons. The van der Waals surface area contributed by atoms with Crippen LogP contribution in [0.5, 0.6) is 5.75 Å². The largest absolute Gasteiger partial charge is 0.487 e. The van der Waals surface area contributed by atoms with Crippen molar-refractivity contribution in [3.63, 3.8) is 0 Å². The van der Waals surface area contributed by atoms with E-state index < -0.39 is 0 Å². The van der Waals surface area contributed by atoms with E-state index in [9.17, 15) is 4.79 Å². The maximum Gasteiger partial charge on any atom is 0.364 e. The van der Waals surface area contributed by atoms with Gasteiger partial charge in [-0.3, -0.25) is 0 Å². The lowest BCUT2D eigenvalue weighted by atomic mass is 10.2. The first-order chi connectivity index (χ1) is 11.2. The van der Waals surface area contributed by atoms with E-state index in [4.69, 9.17) is 16.3 Å². The number of halogens is 1. The summed E-state index contributed by atoms with van der Waals surface area (Å²) >= 11 is 6.11. The number of para-hydroxylation sites is 1. The van der Waals surface area contributed by atoms with Gasteiger partial charge in [0, 0.05) is 0 Å². The molecule has 8 heteroatoms. The first-order valence-electron chi connectivity index (χ1n) is 7.27. The minimum absolute atomic E-state index is 0.0755. The Balaban J connectivity index is 1.68. The monoisotopic (exact) mass is 333 g/mol. The van der Waals surface area contributed by atoms with E-state index in [2.05, 4.69) is 20.6 Å². The van der Waals surface area contributed by atoms with Gasteiger partial charge in [-0.2, -0.15) is 9.61 Å². The number of aromatic nitrogens is 4. The van der Waals surface area contributed by atoms with Gasteiger partial charge in [0.15, 0.2) is 5.65 Å². The topological polar surface area (TPSA) is 84.3 Å². The van der Waals surface area contributed by atoms with E-state index in [0.29, 0.717) is 28.8 Å². The van der Waals surface area contributed by atoms with Crippen molar-refractivity contribution in [3.8, 4) is 5.75 Å². The number of hydrogen-bond acceptors (Lipinski definition) is 5. The maximum absolute atomic E-state index is 11.5. The van der Waals surface area contributed by atoms with Crippen molar-refractivity contribution in [2.45, 2.75) is 19.4 Å². The molecule has 0 saturated heterocycles. The summed E-state index contributed by atoms with van der Waals surface area (Å²) in [7, 11) is 0.